The van der Waals surface area contributed by atoms with Crippen molar-refractivity contribution in [2.75, 3.05) is 6.54 Å². The van der Waals surface area contributed by atoms with Crippen LogP contribution in [0.5, 0.6) is 0 Å². The molecule has 0 aliphatic heterocycles. The molecule has 1 unspecified atom stereocenters. The van der Waals surface area contributed by atoms with Crippen molar-refractivity contribution in [2.24, 2.45) is 5.73 Å². The Labute approximate surface area is 210 Å². The molecule has 4 rings (SSSR count). The third kappa shape index (κ3) is 4.73. The van der Waals surface area contributed by atoms with Crippen LogP contribution in [0.1, 0.15) is 16.7 Å². The maximum atomic E-state index is 14.3. The summed E-state index contributed by atoms with van der Waals surface area (Å²) in [5, 5.41) is 4.63. The molecule has 1 amide bonds. The minimum Gasteiger partial charge on any atom is -0.365 e. The highest BCUT2D eigenvalue weighted by molar-refractivity contribution is 7.91. The fourth-order valence-corrected chi connectivity index (χ4v) is 6.32. The van der Waals surface area contributed by atoms with Gasteiger partial charge in [-0.1, -0.05) is 47.5 Å². The van der Waals surface area contributed by atoms with Gasteiger partial charge in [-0.2, -0.15) is 17.4 Å². The molecule has 0 radical (unpaired) electrons. The maximum Gasteiger partial charge on any atom is 0.332 e. The second-order valence-corrected chi connectivity index (χ2v) is 11.0. The van der Waals surface area contributed by atoms with Crippen molar-refractivity contribution >= 4 is 33.2 Å². The molecule has 0 saturated heterocycles. The molecule has 7 nitrogen and oxygen atoms in total. The molecule has 0 aliphatic rings. The molecule has 3 aromatic carbocycles. The Kier molecular flexibility index (Phi) is 6.80. The second kappa shape index (κ2) is 9.65. The zero-order chi connectivity index (χ0) is 25.2. The van der Waals surface area contributed by atoms with E-state index in [1.54, 1.807) is 60.3 Å². The minimum absolute atomic E-state index is 0.0281. The van der Waals surface area contributed by atoms with Crippen molar-refractivity contribution in [1.29, 1.82) is 0 Å². The van der Waals surface area contributed by atoms with E-state index in [1.807, 2.05) is 43.5 Å². The van der Waals surface area contributed by atoms with Crippen LogP contribution in [-0.4, -0.2) is 30.7 Å². The number of rotatable bonds is 8. The molecule has 0 spiro atoms. The van der Waals surface area contributed by atoms with Crippen LogP contribution in [0.3, 0.4) is 0 Å². The molecule has 1 atom stereocenters. The number of halogens is 1. The lowest BCUT2D eigenvalue weighted by Crippen LogP contribution is -2.57. The van der Waals surface area contributed by atoms with E-state index in [0.29, 0.717) is 21.8 Å². The number of hydrogen-bond donors (Lipinski definition) is 1. The number of aromatic nitrogens is 2. The van der Waals surface area contributed by atoms with Crippen LogP contribution >= 0.6 is 11.6 Å². The summed E-state index contributed by atoms with van der Waals surface area (Å²) in [6.07, 6.45) is 3.50. The molecule has 0 aliphatic carbocycles. The van der Waals surface area contributed by atoms with Gasteiger partial charge in [0.25, 0.3) is 5.91 Å². The number of amides is 1. The van der Waals surface area contributed by atoms with E-state index in [9.17, 15) is 13.2 Å². The van der Waals surface area contributed by atoms with Crippen LogP contribution < -0.4 is 9.62 Å². The van der Waals surface area contributed by atoms with Crippen LogP contribution in [-0.2, 0) is 21.4 Å². The molecule has 9 heteroatoms. The van der Waals surface area contributed by atoms with Gasteiger partial charge in [0.1, 0.15) is 11.4 Å². The van der Waals surface area contributed by atoms with Gasteiger partial charge in [0.2, 0.25) is 0 Å². The van der Waals surface area contributed by atoms with Crippen molar-refractivity contribution in [1.82, 2.24) is 13.7 Å². The van der Waals surface area contributed by atoms with Crippen molar-refractivity contribution in [3.8, 4) is 5.69 Å². The molecule has 0 fully saturated rings. The number of quaternary nitrogens is 1. The molecule has 35 heavy (non-hydrogen) atoms. The lowest BCUT2D eigenvalue weighted by molar-refractivity contribution is -0.118. The summed E-state index contributed by atoms with van der Waals surface area (Å²) in [5.41, 5.74) is 9.10. The van der Waals surface area contributed by atoms with Gasteiger partial charge in [-0.25, -0.2) is 4.68 Å². The highest BCUT2D eigenvalue weighted by Gasteiger charge is 2.48. The van der Waals surface area contributed by atoms with Gasteiger partial charge >= 0.3 is 10.0 Å². The predicted molar refractivity (Wildman–Crippen MR) is 138 cm³/mol. The van der Waals surface area contributed by atoms with E-state index >= 15 is 0 Å². The number of carbonyl (C=O) groups is 1. The second-order valence-electron chi connectivity index (χ2n) is 8.46. The van der Waals surface area contributed by atoms with Crippen LogP contribution in [0, 0.1) is 13.8 Å². The Hall–Kier alpha value is -3.46. The summed E-state index contributed by atoms with van der Waals surface area (Å²) < 4.78 is 29.6. The van der Waals surface area contributed by atoms with Crippen LogP contribution in [0.4, 0.5) is 5.69 Å². The largest absolute Gasteiger partial charge is 0.365 e. The van der Waals surface area contributed by atoms with Gasteiger partial charge in [-0.05, 0) is 50.2 Å². The van der Waals surface area contributed by atoms with Crippen LogP contribution in [0.15, 0.2) is 90.1 Å². The molecule has 180 valence electrons. The summed E-state index contributed by atoms with van der Waals surface area (Å²) in [6.45, 7) is 3.14. The molecule has 0 bridgehead atoms. The number of nitrogens with two attached hydrogens (primary N) is 1. The fourth-order valence-electron chi connectivity index (χ4n) is 4.20. The van der Waals surface area contributed by atoms with Crippen LogP contribution in [0.2, 0.25) is 5.02 Å². The molecule has 1 heterocycles. The zero-order valence-corrected chi connectivity index (χ0v) is 21.0. The Morgan fingerprint density at radius 1 is 1.00 bits per heavy atom. The average molecular weight is 510 g/mol. The first-order chi connectivity index (χ1) is 16.6. The maximum absolute atomic E-state index is 14.3. The highest BCUT2D eigenvalue weighted by Crippen LogP contribution is 2.39. The van der Waals surface area contributed by atoms with Gasteiger partial charge in [-0.3, -0.25) is 4.79 Å². The molecular weight excluding hydrogens is 484 g/mol. The topological polar surface area (TPSA) is 95.0 Å². The summed E-state index contributed by atoms with van der Waals surface area (Å²) >= 11 is 6.42. The van der Waals surface area contributed by atoms with E-state index in [4.69, 9.17) is 17.3 Å². The quantitative estimate of drug-likeness (QED) is 0.353. The predicted octanol–water partition coefficient (Wildman–Crippen LogP) is 4.52. The molecule has 2 N–H and O–H groups in total. The lowest BCUT2D eigenvalue weighted by atomic mass is 10.1. The number of nitrogens with zero attached hydrogens (tertiary/aromatic N) is 3. The van der Waals surface area contributed by atoms with Gasteiger partial charge in [0.15, 0.2) is 12.2 Å². The van der Waals surface area contributed by atoms with Gasteiger partial charge < -0.3 is 5.73 Å². The van der Waals surface area contributed by atoms with Gasteiger partial charge in [0.05, 0.1) is 5.69 Å². The Morgan fingerprint density at radius 3 is 2.29 bits per heavy atom. The van der Waals surface area contributed by atoms with E-state index in [-0.39, 0.29) is 11.4 Å². The number of carbonyl (C=O) groups excluding carboxylic acids is 1. The summed E-state index contributed by atoms with van der Waals surface area (Å²) in [7, 11) is -4.16. The Bertz CT molecular complexity index is 1450. The van der Waals surface area contributed by atoms with Gasteiger partial charge in [-0.15, -0.1) is 0 Å². The standard InChI is InChI=1S/C26H25ClN4O3S/c1-19-7-13-23(14-8-19)35(33,34)31(18-26(28)32,25-6-3-5-24(27)20(25)2)17-21-9-11-22(12-10-21)30-16-4-15-29-30/h3-16H,17-18H2,1-2H3,(H-,28,32)/p+1. The monoisotopic (exact) mass is 509 g/mol. The molecule has 1 aromatic heterocycles. The number of primary amides is 1. The molecule has 0 saturated carbocycles. The zero-order valence-electron chi connectivity index (χ0n) is 19.4. The first kappa shape index (κ1) is 24.7. The number of benzene rings is 3. The highest BCUT2D eigenvalue weighted by atomic mass is 35.5. The van der Waals surface area contributed by atoms with Gasteiger partial charge in [0, 0.05) is 34.6 Å². The van der Waals surface area contributed by atoms with E-state index in [0.717, 1.165) is 11.3 Å². The van der Waals surface area contributed by atoms with Crippen molar-refractivity contribution in [3.05, 3.63) is 107 Å². The first-order valence-corrected chi connectivity index (χ1v) is 12.8. The molecular formula is C26H26ClN4O3S+. The van der Waals surface area contributed by atoms with Crippen molar-refractivity contribution < 1.29 is 13.2 Å². The Balaban J connectivity index is 1.93. The van der Waals surface area contributed by atoms with Crippen LogP contribution in [0.25, 0.3) is 5.69 Å². The summed E-state index contributed by atoms with van der Waals surface area (Å²) in [5.74, 6) is -0.742. The smallest absolute Gasteiger partial charge is 0.332 e. The summed E-state index contributed by atoms with van der Waals surface area (Å²) in [4.78, 5) is 12.5. The Morgan fingerprint density at radius 2 is 1.69 bits per heavy atom. The lowest BCUT2D eigenvalue weighted by Gasteiger charge is -2.36. The minimum atomic E-state index is -4.16. The van der Waals surface area contributed by atoms with E-state index in [1.165, 1.54) is 0 Å². The molecule has 4 aromatic rings. The van der Waals surface area contributed by atoms with E-state index < -0.39 is 26.4 Å². The average Bonchev–Trinajstić information content (AvgIpc) is 3.36. The summed E-state index contributed by atoms with van der Waals surface area (Å²) in [6, 6.07) is 20.8. The van der Waals surface area contributed by atoms with Crippen molar-refractivity contribution in [3.63, 3.8) is 0 Å². The SMILES string of the molecule is Cc1ccc(S(=O)(=O)[N+](CC(N)=O)(Cc2ccc(-n3cccn3)cc2)c2cccc(Cl)c2C)cc1. The first-order valence-electron chi connectivity index (χ1n) is 11.0. The normalized spacial score (nSPS) is 13.3. The number of sulfonamides is 1. The number of aryl methyl sites for hydroxylation is 1. The van der Waals surface area contributed by atoms with E-state index in [2.05, 4.69) is 5.10 Å². The fraction of sp³-hybridized carbons (Fsp3) is 0.154. The number of hydrogen-bond acceptors (Lipinski definition) is 4. The van der Waals surface area contributed by atoms with Crippen molar-refractivity contribution in [2.45, 2.75) is 25.3 Å². The third-order valence-electron chi connectivity index (χ3n) is 6.01. The third-order valence-corrected chi connectivity index (χ3v) is 8.66.